The Balaban J connectivity index is 2.19. The summed E-state index contributed by atoms with van der Waals surface area (Å²) in [5, 5.41) is 0. The molecular weight excluding hydrogens is 242 g/mol. The van der Waals surface area contributed by atoms with Crippen LogP contribution in [0.5, 0.6) is 0 Å². The second-order valence-corrected chi connectivity index (χ2v) is 7.35. The van der Waals surface area contributed by atoms with Crippen molar-refractivity contribution < 1.29 is 4.21 Å². The average Bonchev–Trinajstić information content (AvgIpc) is 2.79. The molecule has 0 N–H and O–H groups in total. The average molecular weight is 263 g/mol. The molecule has 0 saturated carbocycles. The smallest absolute Gasteiger partial charge is 0.0542 e. The van der Waals surface area contributed by atoms with Crippen LogP contribution in [0.4, 0.5) is 0 Å². The predicted molar refractivity (Wildman–Crippen MR) is 80.0 cm³/mol. The van der Waals surface area contributed by atoms with Crippen LogP contribution in [0, 0.1) is 0 Å². The molecule has 2 rings (SSSR count). The van der Waals surface area contributed by atoms with Gasteiger partial charge in [0.1, 0.15) is 0 Å². The van der Waals surface area contributed by atoms with Crippen molar-refractivity contribution in [1.29, 1.82) is 0 Å². The summed E-state index contributed by atoms with van der Waals surface area (Å²) in [6, 6.07) is 10.2. The quantitative estimate of drug-likeness (QED) is 0.604. The SMILES string of the molecule is C=C(C)C1CCCN1S(=C)(=O)Cc1ccccc1. The van der Waals surface area contributed by atoms with E-state index >= 15 is 0 Å². The van der Waals surface area contributed by atoms with Gasteiger partial charge in [-0.15, -0.1) is 0 Å². The Morgan fingerprint density at radius 1 is 1.44 bits per heavy atom. The molecule has 18 heavy (non-hydrogen) atoms. The van der Waals surface area contributed by atoms with Crippen LogP contribution in [0.15, 0.2) is 42.5 Å². The second-order valence-electron chi connectivity index (χ2n) is 5.05. The first-order valence-electron chi connectivity index (χ1n) is 6.32. The van der Waals surface area contributed by atoms with E-state index in [0.717, 1.165) is 30.5 Å². The maximum atomic E-state index is 12.8. The Kier molecular flexibility index (Phi) is 3.93. The zero-order chi connectivity index (χ0) is 13.2. The fraction of sp³-hybridized carbons (Fsp3) is 0.400. The van der Waals surface area contributed by atoms with Crippen LogP contribution in [0.1, 0.15) is 25.3 Å². The molecule has 1 aromatic rings. The minimum atomic E-state index is -2.23. The molecular formula is C15H21NOS. The zero-order valence-corrected chi connectivity index (χ0v) is 11.8. The van der Waals surface area contributed by atoms with Gasteiger partial charge in [0.15, 0.2) is 0 Å². The van der Waals surface area contributed by atoms with Crippen LogP contribution >= 0.6 is 0 Å². The molecule has 1 aromatic carbocycles. The van der Waals surface area contributed by atoms with Crippen LogP contribution in [0.25, 0.3) is 0 Å². The molecule has 0 amide bonds. The molecule has 0 spiro atoms. The largest absolute Gasteiger partial charge is 0.252 e. The van der Waals surface area contributed by atoms with E-state index < -0.39 is 9.71 Å². The third-order valence-corrected chi connectivity index (χ3v) is 5.51. The van der Waals surface area contributed by atoms with E-state index in [1.807, 2.05) is 37.3 Å². The molecule has 1 fully saturated rings. The van der Waals surface area contributed by atoms with Crippen LogP contribution in [-0.4, -0.2) is 27.0 Å². The summed E-state index contributed by atoms with van der Waals surface area (Å²) >= 11 is 0. The molecule has 2 nitrogen and oxygen atoms in total. The standard InChI is InChI=1S/C15H21NOS/c1-13(2)15-10-7-11-16(15)18(3,17)12-14-8-5-4-6-9-14/h4-6,8-9,15H,1,3,7,10-12H2,2H3. The lowest BCUT2D eigenvalue weighted by atomic mass is 10.1. The first kappa shape index (κ1) is 13.4. The van der Waals surface area contributed by atoms with E-state index in [2.05, 4.69) is 16.8 Å². The van der Waals surface area contributed by atoms with Gasteiger partial charge in [0, 0.05) is 22.3 Å². The summed E-state index contributed by atoms with van der Waals surface area (Å²) in [7, 11) is -2.23. The third-order valence-electron chi connectivity index (χ3n) is 3.43. The highest BCUT2D eigenvalue weighted by Crippen LogP contribution is 2.27. The molecule has 0 radical (unpaired) electrons. The number of rotatable bonds is 4. The minimum Gasteiger partial charge on any atom is -0.252 e. The highest BCUT2D eigenvalue weighted by atomic mass is 32.2. The van der Waals surface area contributed by atoms with Crippen LogP contribution in [0.3, 0.4) is 0 Å². The zero-order valence-electron chi connectivity index (χ0n) is 11.0. The third kappa shape index (κ3) is 2.85. The molecule has 0 aliphatic carbocycles. The topological polar surface area (TPSA) is 20.3 Å². The summed E-state index contributed by atoms with van der Waals surface area (Å²) < 4.78 is 14.9. The number of benzene rings is 1. The molecule has 1 saturated heterocycles. The summed E-state index contributed by atoms with van der Waals surface area (Å²) in [5.74, 6) is 4.52. The Morgan fingerprint density at radius 3 is 2.72 bits per heavy atom. The molecule has 1 aliphatic rings. The second kappa shape index (κ2) is 5.29. The normalized spacial score (nSPS) is 23.7. The van der Waals surface area contributed by atoms with E-state index in [1.165, 1.54) is 0 Å². The van der Waals surface area contributed by atoms with Gasteiger partial charge in [-0.2, -0.15) is 0 Å². The van der Waals surface area contributed by atoms with Crippen molar-refractivity contribution in [3.63, 3.8) is 0 Å². The minimum absolute atomic E-state index is 0.235. The van der Waals surface area contributed by atoms with E-state index in [9.17, 15) is 4.21 Å². The monoisotopic (exact) mass is 263 g/mol. The van der Waals surface area contributed by atoms with Crippen LogP contribution < -0.4 is 0 Å². The molecule has 2 unspecified atom stereocenters. The Morgan fingerprint density at radius 2 is 2.11 bits per heavy atom. The summed E-state index contributed by atoms with van der Waals surface area (Å²) in [4.78, 5) is 0. The van der Waals surface area contributed by atoms with Crippen molar-refractivity contribution >= 4 is 15.6 Å². The van der Waals surface area contributed by atoms with E-state index in [4.69, 9.17) is 0 Å². The van der Waals surface area contributed by atoms with Gasteiger partial charge in [-0.1, -0.05) is 42.5 Å². The maximum absolute atomic E-state index is 12.8. The lowest BCUT2D eigenvalue weighted by Crippen LogP contribution is -2.36. The molecule has 1 aliphatic heterocycles. The first-order valence-corrected chi connectivity index (χ1v) is 8.17. The Bertz CT molecular complexity index is 519. The first-order chi connectivity index (χ1) is 8.50. The predicted octanol–water partition coefficient (Wildman–Crippen LogP) is 2.86. The van der Waals surface area contributed by atoms with Crippen molar-refractivity contribution in [2.75, 3.05) is 6.54 Å². The van der Waals surface area contributed by atoms with Crippen molar-refractivity contribution in [2.24, 2.45) is 0 Å². The van der Waals surface area contributed by atoms with Gasteiger partial charge in [-0.05, 0) is 31.2 Å². The summed E-state index contributed by atoms with van der Waals surface area (Å²) in [6.45, 7) is 6.90. The van der Waals surface area contributed by atoms with Crippen molar-refractivity contribution in [3.8, 4) is 0 Å². The number of hydrogen-bond donors (Lipinski definition) is 0. The number of hydrogen-bond acceptors (Lipinski definition) is 1. The van der Waals surface area contributed by atoms with Gasteiger partial charge in [-0.3, -0.25) is 4.21 Å². The fourth-order valence-corrected chi connectivity index (χ4v) is 4.64. The van der Waals surface area contributed by atoms with Gasteiger partial charge in [0.2, 0.25) is 0 Å². The molecule has 3 heteroatoms. The molecule has 1 heterocycles. The maximum Gasteiger partial charge on any atom is 0.0542 e. The summed E-state index contributed by atoms with van der Waals surface area (Å²) in [6.07, 6.45) is 2.13. The summed E-state index contributed by atoms with van der Waals surface area (Å²) in [5.41, 5.74) is 2.18. The van der Waals surface area contributed by atoms with Crippen molar-refractivity contribution in [3.05, 3.63) is 48.0 Å². The van der Waals surface area contributed by atoms with Crippen molar-refractivity contribution in [2.45, 2.75) is 31.6 Å². The van der Waals surface area contributed by atoms with Gasteiger partial charge in [0.05, 0.1) is 5.75 Å². The van der Waals surface area contributed by atoms with Crippen molar-refractivity contribution in [1.82, 2.24) is 4.31 Å². The highest BCUT2D eigenvalue weighted by molar-refractivity contribution is 7.97. The van der Waals surface area contributed by atoms with Gasteiger partial charge in [-0.25, -0.2) is 4.31 Å². The fourth-order valence-electron chi connectivity index (χ4n) is 2.55. The molecule has 2 atom stereocenters. The molecule has 98 valence electrons. The van der Waals surface area contributed by atoms with Gasteiger partial charge >= 0.3 is 0 Å². The highest BCUT2D eigenvalue weighted by Gasteiger charge is 2.30. The van der Waals surface area contributed by atoms with Crippen LogP contribution in [0.2, 0.25) is 0 Å². The van der Waals surface area contributed by atoms with E-state index in [0.29, 0.717) is 5.75 Å². The lowest BCUT2D eigenvalue weighted by molar-refractivity contribution is 0.455. The van der Waals surface area contributed by atoms with Crippen LogP contribution in [-0.2, 0) is 15.5 Å². The molecule has 0 bridgehead atoms. The Hall–Kier alpha value is -1.06. The van der Waals surface area contributed by atoms with Gasteiger partial charge in [0.25, 0.3) is 0 Å². The lowest BCUT2D eigenvalue weighted by Gasteiger charge is -2.28. The van der Waals surface area contributed by atoms with E-state index in [-0.39, 0.29) is 6.04 Å². The number of nitrogens with zero attached hydrogens (tertiary/aromatic N) is 1. The van der Waals surface area contributed by atoms with Gasteiger partial charge < -0.3 is 0 Å². The molecule has 0 aromatic heterocycles. The Labute approximate surface area is 110 Å². The van der Waals surface area contributed by atoms with E-state index in [1.54, 1.807) is 0 Å².